The lowest BCUT2D eigenvalue weighted by Crippen LogP contribution is -2.52. The number of aliphatic hydroxyl groups excluding tert-OH is 1. The number of fused-ring (bicyclic) bond motifs is 1. The number of carbonyl (C=O) groups excluding carboxylic acids is 1. The first kappa shape index (κ1) is 17.1. The van der Waals surface area contributed by atoms with E-state index in [2.05, 4.69) is 15.3 Å². The summed E-state index contributed by atoms with van der Waals surface area (Å²) < 4.78 is 5.35. The number of nitrogens with zero attached hydrogens (tertiary/aromatic N) is 3. The Hall–Kier alpha value is -2.03. The number of rotatable bonds is 6. The first-order valence-electron chi connectivity index (χ1n) is 9.85. The van der Waals surface area contributed by atoms with Gasteiger partial charge >= 0.3 is 0 Å². The number of hydrogen-bond acceptors (Lipinski definition) is 6. The molecular weight excluding hydrogens is 346 g/mol. The topological polar surface area (TPSA) is 103 Å². The van der Waals surface area contributed by atoms with E-state index in [-0.39, 0.29) is 17.9 Å². The molecule has 3 fully saturated rings. The summed E-state index contributed by atoms with van der Waals surface area (Å²) in [6.07, 6.45) is 6.92. The summed E-state index contributed by atoms with van der Waals surface area (Å²) in [7, 11) is 0. The van der Waals surface area contributed by atoms with Gasteiger partial charge in [-0.05, 0) is 31.6 Å². The summed E-state index contributed by atoms with van der Waals surface area (Å²) in [5.41, 5.74) is 2.99. The molecule has 0 bridgehead atoms. The van der Waals surface area contributed by atoms with E-state index in [1.807, 2.05) is 11.1 Å². The molecule has 0 spiro atoms. The molecule has 0 aromatic carbocycles. The van der Waals surface area contributed by atoms with Crippen LogP contribution in [0.2, 0.25) is 0 Å². The molecule has 8 heteroatoms. The predicted octanol–water partition coefficient (Wildman–Crippen LogP) is 1.05. The number of aromatic amines is 1. The molecule has 3 aliphatic rings. The number of morpholine rings is 1. The lowest BCUT2D eigenvalue weighted by atomic mass is 10.1. The van der Waals surface area contributed by atoms with Crippen molar-refractivity contribution in [3.63, 3.8) is 0 Å². The Morgan fingerprint density at radius 2 is 2.07 bits per heavy atom. The smallest absolute Gasteiger partial charge is 0.240 e. The van der Waals surface area contributed by atoms with Gasteiger partial charge in [-0.15, -0.1) is 0 Å². The lowest BCUT2D eigenvalue weighted by molar-refractivity contribution is -0.139. The number of aromatic nitrogens is 3. The van der Waals surface area contributed by atoms with Crippen LogP contribution in [0.25, 0.3) is 11.2 Å². The van der Waals surface area contributed by atoms with Crippen molar-refractivity contribution in [2.24, 2.45) is 5.92 Å². The zero-order chi connectivity index (χ0) is 18.4. The van der Waals surface area contributed by atoms with Crippen LogP contribution < -0.4 is 5.32 Å². The number of aliphatic hydroxyl groups is 1. The van der Waals surface area contributed by atoms with Gasteiger partial charge < -0.3 is 19.7 Å². The Balaban J connectivity index is 1.36. The lowest BCUT2D eigenvalue weighted by Gasteiger charge is -2.31. The second-order valence-electron chi connectivity index (χ2n) is 7.83. The number of ether oxygens (including phenoxy) is 1. The van der Waals surface area contributed by atoms with Crippen molar-refractivity contribution < 1.29 is 14.6 Å². The Labute approximate surface area is 157 Å². The van der Waals surface area contributed by atoms with Crippen LogP contribution in [0.3, 0.4) is 0 Å². The molecule has 2 atom stereocenters. The molecule has 1 unspecified atom stereocenters. The maximum absolute atomic E-state index is 13.0. The number of hydrogen-bond donors (Lipinski definition) is 3. The van der Waals surface area contributed by atoms with Gasteiger partial charge in [0, 0.05) is 30.8 Å². The van der Waals surface area contributed by atoms with Crippen LogP contribution in [0.5, 0.6) is 0 Å². The summed E-state index contributed by atoms with van der Waals surface area (Å²) in [6.45, 7) is 2.38. The Morgan fingerprint density at radius 3 is 2.78 bits per heavy atom. The van der Waals surface area contributed by atoms with Crippen molar-refractivity contribution in [1.29, 1.82) is 0 Å². The highest BCUT2D eigenvalue weighted by atomic mass is 16.5. The van der Waals surface area contributed by atoms with Gasteiger partial charge in [0.2, 0.25) is 5.91 Å². The van der Waals surface area contributed by atoms with E-state index >= 15 is 0 Å². The van der Waals surface area contributed by atoms with Crippen molar-refractivity contribution in [3.8, 4) is 0 Å². The molecule has 3 N–H and O–H groups in total. The second-order valence-corrected chi connectivity index (χ2v) is 7.83. The quantitative estimate of drug-likeness (QED) is 0.656. The molecule has 0 radical (unpaired) electrons. The fraction of sp³-hybridized carbons (Fsp3) is 0.632. The number of H-pyrrole nitrogens is 1. The summed E-state index contributed by atoms with van der Waals surface area (Å²) in [5, 5.41) is 14.0. The van der Waals surface area contributed by atoms with Crippen molar-refractivity contribution >= 4 is 17.1 Å². The Bertz CT molecular complexity index is 839. The van der Waals surface area contributed by atoms with E-state index in [0.29, 0.717) is 48.9 Å². The first-order valence-corrected chi connectivity index (χ1v) is 9.85. The third-order valence-electron chi connectivity index (χ3n) is 5.74. The minimum absolute atomic E-state index is 0.0597. The molecule has 2 aromatic rings. The minimum Gasteiger partial charge on any atom is -0.378 e. The van der Waals surface area contributed by atoms with Gasteiger partial charge in [-0.1, -0.05) is 0 Å². The normalized spacial score (nSPS) is 22.8. The van der Waals surface area contributed by atoms with Gasteiger partial charge in [0.05, 0.1) is 31.1 Å². The molecular formula is C19H25N5O3. The highest BCUT2D eigenvalue weighted by Gasteiger charge is 2.40. The maximum atomic E-state index is 13.0. The maximum Gasteiger partial charge on any atom is 0.240 e. The minimum atomic E-state index is -0.960. The third-order valence-corrected chi connectivity index (χ3v) is 5.74. The van der Waals surface area contributed by atoms with Crippen LogP contribution in [-0.4, -0.2) is 63.2 Å². The summed E-state index contributed by atoms with van der Waals surface area (Å²) >= 11 is 0. The summed E-state index contributed by atoms with van der Waals surface area (Å²) in [5.74, 6) is 0.842. The van der Waals surface area contributed by atoms with Gasteiger partial charge in [-0.25, -0.2) is 9.97 Å². The van der Waals surface area contributed by atoms with Crippen LogP contribution in [0.4, 0.5) is 0 Å². The highest BCUT2D eigenvalue weighted by Crippen LogP contribution is 2.39. The largest absolute Gasteiger partial charge is 0.378 e. The highest BCUT2D eigenvalue weighted by molar-refractivity contribution is 5.83. The molecule has 1 saturated heterocycles. The number of nitrogens with one attached hydrogen (secondary N) is 2. The van der Waals surface area contributed by atoms with Crippen LogP contribution in [0, 0.1) is 5.92 Å². The second kappa shape index (κ2) is 6.85. The molecule has 5 rings (SSSR count). The SMILES string of the molecule is O=C([C@H](NC(O)c1c[nH]c2ncc(C3CC3)nc12)C1CC1)N1CCOCC1. The zero-order valence-electron chi connectivity index (χ0n) is 15.2. The molecule has 144 valence electrons. The zero-order valence-corrected chi connectivity index (χ0v) is 15.2. The van der Waals surface area contributed by atoms with Gasteiger partial charge in [0.1, 0.15) is 11.7 Å². The van der Waals surface area contributed by atoms with E-state index in [0.717, 1.165) is 31.4 Å². The van der Waals surface area contributed by atoms with Gasteiger partial charge in [0.15, 0.2) is 5.65 Å². The molecule has 3 heterocycles. The first-order chi connectivity index (χ1) is 13.2. The average Bonchev–Trinajstić information content (AvgIpc) is 3.62. The van der Waals surface area contributed by atoms with E-state index in [1.54, 1.807) is 6.20 Å². The summed E-state index contributed by atoms with van der Waals surface area (Å²) in [4.78, 5) is 27.0. The van der Waals surface area contributed by atoms with E-state index in [4.69, 9.17) is 9.72 Å². The van der Waals surface area contributed by atoms with Crippen LogP contribution in [-0.2, 0) is 9.53 Å². The monoisotopic (exact) mass is 371 g/mol. The fourth-order valence-corrected chi connectivity index (χ4v) is 3.79. The number of amides is 1. The molecule has 8 nitrogen and oxygen atoms in total. The molecule has 1 aliphatic heterocycles. The van der Waals surface area contributed by atoms with Gasteiger partial charge in [-0.3, -0.25) is 10.1 Å². The van der Waals surface area contributed by atoms with Crippen LogP contribution >= 0.6 is 0 Å². The fourth-order valence-electron chi connectivity index (χ4n) is 3.79. The molecule has 2 aliphatic carbocycles. The van der Waals surface area contributed by atoms with Crippen LogP contribution in [0.1, 0.15) is 49.1 Å². The van der Waals surface area contributed by atoms with Crippen LogP contribution in [0.15, 0.2) is 12.4 Å². The van der Waals surface area contributed by atoms with Crippen molar-refractivity contribution in [2.75, 3.05) is 26.3 Å². The molecule has 2 aromatic heterocycles. The molecule has 27 heavy (non-hydrogen) atoms. The average molecular weight is 371 g/mol. The van der Waals surface area contributed by atoms with Gasteiger partial charge in [-0.2, -0.15) is 0 Å². The molecule has 2 saturated carbocycles. The van der Waals surface area contributed by atoms with Gasteiger partial charge in [0.25, 0.3) is 0 Å². The van der Waals surface area contributed by atoms with E-state index in [9.17, 15) is 9.90 Å². The van der Waals surface area contributed by atoms with Crippen molar-refractivity contribution in [2.45, 2.75) is 43.9 Å². The Kier molecular flexibility index (Phi) is 4.34. The summed E-state index contributed by atoms with van der Waals surface area (Å²) in [6, 6.07) is -0.373. The molecule has 1 amide bonds. The standard InChI is InChI=1S/C19H25N5O3/c25-18(13-9-20-17-16(13)22-14(10-21-17)11-1-2-11)23-15(12-3-4-12)19(26)24-5-7-27-8-6-24/h9-12,15,18,23,25H,1-8H2,(H,20,21)/t15-,18?/m1/s1. The van der Waals surface area contributed by atoms with E-state index in [1.165, 1.54) is 0 Å². The number of carbonyl (C=O) groups is 1. The van der Waals surface area contributed by atoms with E-state index < -0.39 is 6.23 Å². The third kappa shape index (κ3) is 3.44. The van der Waals surface area contributed by atoms with Crippen molar-refractivity contribution in [1.82, 2.24) is 25.2 Å². The predicted molar refractivity (Wildman–Crippen MR) is 97.9 cm³/mol. The van der Waals surface area contributed by atoms with Crippen molar-refractivity contribution in [3.05, 3.63) is 23.7 Å². The Morgan fingerprint density at radius 1 is 1.30 bits per heavy atom.